The summed E-state index contributed by atoms with van der Waals surface area (Å²) < 4.78 is 72.1. The lowest BCUT2D eigenvalue weighted by Gasteiger charge is -2.63. The number of benzene rings is 4. The van der Waals surface area contributed by atoms with E-state index in [1.807, 2.05) is 20.8 Å². The largest absolute Gasteiger partial charge is 0.491 e. The first-order chi connectivity index (χ1) is 36.1. The number of nitrogens with zero attached hydrogens (tertiary/aromatic N) is 2. The van der Waals surface area contributed by atoms with Crippen molar-refractivity contribution >= 4 is 35.0 Å². The molecule has 2 fully saturated rings. The molecule has 0 bridgehead atoms. The highest BCUT2D eigenvalue weighted by molar-refractivity contribution is 6.32. The van der Waals surface area contributed by atoms with Gasteiger partial charge in [-0.1, -0.05) is 95.9 Å². The van der Waals surface area contributed by atoms with Gasteiger partial charge in [0.1, 0.15) is 47.3 Å². The summed E-state index contributed by atoms with van der Waals surface area (Å²) in [4.78, 5) is 27.3. The molecule has 1 aliphatic carbocycles. The van der Waals surface area contributed by atoms with E-state index in [4.69, 9.17) is 56.4 Å². The van der Waals surface area contributed by atoms with Crippen molar-refractivity contribution in [2.45, 2.75) is 97.4 Å². The third-order valence-corrected chi connectivity index (χ3v) is 14.6. The van der Waals surface area contributed by atoms with Crippen LogP contribution in [0.3, 0.4) is 0 Å². The number of halogens is 4. The lowest BCUT2D eigenvalue weighted by molar-refractivity contribution is -0.164. The van der Waals surface area contributed by atoms with Crippen molar-refractivity contribution in [2.75, 3.05) is 79.2 Å². The minimum atomic E-state index is -1.66. The van der Waals surface area contributed by atoms with Crippen LogP contribution in [0.4, 0.5) is 8.78 Å². The predicted molar refractivity (Wildman–Crippen MR) is 286 cm³/mol. The quantitative estimate of drug-likeness (QED) is 0.0482. The minimum absolute atomic E-state index is 0.0498. The van der Waals surface area contributed by atoms with E-state index in [-0.39, 0.29) is 70.2 Å². The number of nitriles is 2. The number of carbonyl (C=O) groups is 2. The highest BCUT2D eigenvalue weighted by Crippen LogP contribution is 2.56. The molecule has 4 atom stereocenters. The fourth-order valence-electron chi connectivity index (χ4n) is 10.8. The van der Waals surface area contributed by atoms with Gasteiger partial charge in [0.05, 0.1) is 93.8 Å². The maximum atomic E-state index is 16.0. The fourth-order valence-corrected chi connectivity index (χ4v) is 11.2. The Hall–Kier alpha value is -5.40. The van der Waals surface area contributed by atoms with Gasteiger partial charge in [-0.25, -0.2) is 8.78 Å². The first-order valence-electron chi connectivity index (χ1n) is 25.6. The average Bonchev–Trinajstić information content (AvgIpc) is 3.83. The Morgan fingerprint density at radius 3 is 1.87 bits per heavy atom. The second-order valence-electron chi connectivity index (χ2n) is 21.6. The number of amides is 2. The molecule has 6 rings (SSSR count). The fraction of sp³-hybridized carbons (Fsp3) is 0.517. The molecular weight excluding hydrogens is 1020 g/mol. The summed E-state index contributed by atoms with van der Waals surface area (Å²) in [6.45, 7) is 19.7. The van der Waals surface area contributed by atoms with Crippen LogP contribution in [-0.4, -0.2) is 115 Å². The maximum Gasteiger partial charge on any atom is 0.251 e. The zero-order chi connectivity index (χ0) is 55.3. The van der Waals surface area contributed by atoms with E-state index in [1.165, 1.54) is 18.2 Å². The van der Waals surface area contributed by atoms with Gasteiger partial charge in [0.2, 0.25) is 5.91 Å². The van der Waals surface area contributed by atoms with Crippen LogP contribution in [0, 0.1) is 57.5 Å². The van der Waals surface area contributed by atoms with Crippen molar-refractivity contribution < 1.29 is 51.5 Å². The molecule has 4 aromatic rings. The normalized spacial score (nSPS) is 21.5. The lowest BCUT2D eigenvalue weighted by Crippen LogP contribution is -2.74. The van der Waals surface area contributed by atoms with E-state index < -0.39 is 41.0 Å². The number of rotatable bonds is 27. The van der Waals surface area contributed by atoms with Gasteiger partial charge in [-0.3, -0.25) is 9.59 Å². The van der Waals surface area contributed by atoms with Gasteiger partial charge in [-0.2, -0.15) is 10.5 Å². The molecule has 0 spiro atoms. The van der Waals surface area contributed by atoms with Gasteiger partial charge >= 0.3 is 0 Å². The highest BCUT2D eigenvalue weighted by Gasteiger charge is 2.64. The van der Waals surface area contributed by atoms with E-state index in [9.17, 15) is 20.1 Å². The van der Waals surface area contributed by atoms with Gasteiger partial charge < -0.3 is 49.1 Å². The number of hydrogen-bond donors (Lipinski definition) is 3. The summed E-state index contributed by atoms with van der Waals surface area (Å²) in [6, 6.07) is 23.5. The molecule has 3 N–H and O–H groups in total. The van der Waals surface area contributed by atoms with Crippen molar-refractivity contribution in [1.29, 1.82) is 10.5 Å². The summed E-state index contributed by atoms with van der Waals surface area (Å²) in [6.07, 6.45) is 0.176. The van der Waals surface area contributed by atoms with E-state index in [1.54, 1.807) is 67.6 Å². The van der Waals surface area contributed by atoms with Crippen LogP contribution in [0.25, 0.3) is 0 Å². The SMILES string of the molecule is Cc1ccc([C@@]2(C#N)[C@H](CC(C)(C)C)NC(C(=O)NCCOCCOCCOCCOCCOCCOc3ccc(C(=O)NC4C(C)(C)C(Oc5ccc(C#N)c(Cl)c5)C4(C)C)cc3)[C@@H]2c2cccc(Cl)c2F)c(F)c1. The summed E-state index contributed by atoms with van der Waals surface area (Å²) in [7, 11) is 0. The van der Waals surface area contributed by atoms with Gasteiger partial charge in [-0.15, -0.1) is 0 Å². The van der Waals surface area contributed by atoms with E-state index in [0.29, 0.717) is 99.1 Å². The average molecular weight is 1090 g/mol. The molecule has 76 heavy (non-hydrogen) atoms. The second kappa shape index (κ2) is 26.8. The molecule has 410 valence electrons. The third kappa shape index (κ3) is 14.6. The number of ether oxygens (including phenoxy) is 7. The topological polar surface area (TPSA) is 182 Å². The Bertz CT molecular complexity index is 2680. The van der Waals surface area contributed by atoms with Crippen molar-refractivity contribution in [3.05, 3.63) is 128 Å². The molecule has 2 amide bonds. The predicted octanol–water partition coefficient (Wildman–Crippen LogP) is 9.66. The van der Waals surface area contributed by atoms with Crippen LogP contribution in [0.2, 0.25) is 10.0 Å². The Kier molecular flexibility index (Phi) is 21.1. The molecule has 1 saturated heterocycles. The standard InChI is InChI=1S/C58H71Cl2F2N5O9/c1-37-12-19-43(46(61)32-37)58(36-64)47(34-55(2,3)4)66-50(48(58)42-10-9-11-44(59)49(42)62)52(69)65-20-21-70-22-23-71-24-25-72-26-27-73-28-29-74-30-31-75-40-16-13-38(14-17-40)51(68)67-53-56(5,6)54(57(53,7)8)76-41-18-15-39(35-63)45(60)33-41/h9-19,32-33,47-48,50,53-54,66H,20-31,34H2,1-8H3,(H,65,69)(H,67,68)/t47-,48-,50?,53?,54?,58-/m0/s1. The lowest BCUT2D eigenvalue weighted by atomic mass is 9.49. The zero-order valence-electron chi connectivity index (χ0n) is 44.7. The molecule has 2 aliphatic rings. The number of aryl methyl sites for hydroxylation is 1. The molecule has 0 radical (unpaired) electrons. The van der Waals surface area contributed by atoms with Crippen molar-refractivity contribution in [2.24, 2.45) is 16.2 Å². The summed E-state index contributed by atoms with van der Waals surface area (Å²) in [5.41, 5.74) is -1.09. The Labute approximate surface area is 455 Å². The van der Waals surface area contributed by atoms with Crippen molar-refractivity contribution in [1.82, 2.24) is 16.0 Å². The van der Waals surface area contributed by atoms with Crippen LogP contribution < -0.4 is 25.4 Å². The monoisotopic (exact) mass is 1090 g/mol. The summed E-state index contributed by atoms with van der Waals surface area (Å²) in [5, 5.41) is 29.8. The maximum absolute atomic E-state index is 16.0. The molecule has 1 aliphatic heterocycles. The smallest absolute Gasteiger partial charge is 0.251 e. The molecular formula is C58H71Cl2F2N5O9. The van der Waals surface area contributed by atoms with E-state index >= 15 is 8.78 Å². The van der Waals surface area contributed by atoms with Gasteiger partial charge in [0, 0.05) is 52.6 Å². The van der Waals surface area contributed by atoms with Gasteiger partial charge in [-0.05, 0) is 78.4 Å². The molecule has 1 saturated carbocycles. The second-order valence-corrected chi connectivity index (χ2v) is 22.4. The molecule has 18 heteroatoms. The molecule has 0 aromatic heterocycles. The van der Waals surface area contributed by atoms with E-state index in [0.717, 1.165) is 0 Å². The summed E-state index contributed by atoms with van der Waals surface area (Å²) in [5.74, 6) is -1.98. The van der Waals surface area contributed by atoms with Crippen molar-refractivity contribution in [3.8, 4) is 23.6 Å². The minimum Gasteiger partial charge on any atom is -0.491 e. The molecule has 14 nitrogen and oxygen atoms in total. The van der Waals surface area contributed by atoms with E-state index in [2.05, 4.69) is 55.8 Å². The Morgan fingerprint density at radius 1 is 0.737 bits per heavy atom. The molecule has 4 aromatic carbocycles. The third-order valence-electron chi connectivity index (χ3n) is 14.0. The van der Waals surface area contributed by atoms with Crippen LogP contribution in [0.15, 0.2) is 78.9 Å². The Balaban J connectivity index is 0.800. The van der Waals surface area contributed by atoms with Gasteiger partial charge in [0.25, 0.3) is 5.91 Å². The number of hydrogen-bond acceptors (Lipinski definition) is 12. The van der Waals surface area contributed by atoms with Crippen LogP contribution in [0.1, 0.15) is 93.4 Å². The van der Waals surface area contributed by atoms with Crippen molar-refractivity contribution in [3.63, 3.8) is 0 Å². The first-order valence-corrected chi connectivity index (χ1v) is 26.4. The first kappa shape index (κ1) is 59.8. The Morgan fingerprint density at radius 2 is 1.32 bits per heavy atom. The van der Waals surface area contributed by atoms with Crippen LogP contribution in [0.5, 0.6) is 11.5 Å². The van der Waals surface area contributed by atoms with Gasteiger partial charge in [0.15, 0.2) is 0 Å². The van der Waals surface area contributed by atoms with Crippen LogP contribution in [-0.2, 0) is 33.9 Å². The number of carbonyl (C=O) groups excluding carboxylic acids is 2. The zero-order valence-corrected chi connectivity index (χ0v) is 46.2. The molecule has 1 unspecified atom stereocenters. The highest BCUT2D eigenvalue weighted by atomic mass is 35.5. The number of nitrogens with one attached hydrogen (secondary N) is 3. The summed E-state index contributed by atoms with van der Waals surface area (Å²) >= 11 is 12.5. The molecule has 1 heterocycles. The van der Waals surface area contributed by atoms with Crippen LogP contribution >= 0.6 is 23.2 Å².